The fourth-order valence-electron chi connectivity index (χ4n) is 3.15. The molecule has 0 radical (unpaired) electrons. The predicted octanol–water partition coefficient (Wildman–Crippen LogP) is 4.73. The van der Waals surface area contributed by atoms with E-state index < -0.39 is 0 Å². The van der Waals surface area contributed by atoms with Gasteiger partial charge in [0.05, 0.1) is 19.3 Å². The van der Waals surface area contributed by atoms with E-state index in [0.29, 0.717) is 12.5 Å². The average Bonchev–Trinajstić information content (AvgIpc) is 3.08. The summed E-state index contributed by atoms with van der Waals surface area (Å²) in [6, 6.07) is 8.03. The van der Waals surface area contributed by atoms with Crippen LogP contribution in [0, 0.1) is 5.92 Å². The third-order valence-electron chi connectivity index (χ3n) is 4.47. The Morgan fingerprint density at radius 2 is 2.08 bits per heavy atom. The van der Waals surface area contributed by atoms with Gasteiger partial charge < -0.3 is 4.74 Å². The van der Waals surface area contributed by atoms with Crippen molar-refractivity contribution in [1.82, 2.24) is 4.68 Å². The number of nitrogens with zero attached hydrogens (tertiary/aromatic N) is 3. The van der Waals surface area contributed by atoms with E-state index in [9.17, 15) is 0 Å². The van der Waals surface area contributed by atoms with Gasteiger partial charge in [0.15, 0.2) is 0 Å². The molecule has 25 heavy (non-hydrogen) atoms. The molecule has 1 aliphatic rings. The molecule has 5 heteroatoms. The van der Waals surface area contributed by atoms with Gasteiger partial charge in [-0.3, -0.25) is 4.99 Å². The molecular weight excluding hydrogens is 330 g/mol. The largest absolute Gasteiger partial charge is 0.496 e. The van der Waals surface area contributed by atoms with Crippen molar-refractivity contribution in [2.75, 3.05) is 13.7 Å². The number of rotatable bonds is 6. The fraction of sp³-hybridized carbons (Fsp3) is 0.400. The van der Waals surface area contributed by atoms with Crippen LogP contribution in [-0.4, -0.2) is 24.5 Å². The van der Waals surface area contributed by atoms with E-state index in [0.717, 1.165) is 21.8 Å². The third kappa shape index (κ3) is 4.28. The van der Waals surface area contributed by atoms with Gasteiger partial charge in [0, 0.05) is 17.2 Å². The lowest BCUT2D eigenvalue weighted by molar-refractivity contribution is 0.416. The van der Waals surface area contributed by atoms with Crippen LogP contribution in [0.25, 0.3) is 11.3 Å². The number of benzene rings is 1. The second-order valence-corrected chi connectivity index (χ2v) is 7.04. The maximum Gasteiger partial charge on any atom is 0.206 e. The van der Waals surface area contributed by atoms with E-state index in [1.807, 2.05) is 22.9 Å². The van der Waals surface area contributed by atoms with Crippen molar-refractivity contribution in [1.29, 1.82) is 0 Å². The highest BCUT2D eigenvalue weighted by Crippen LogP contribution is 2.30. The van der Waals surface area contributed by atoms with Crippen LogP contribution in [0.5, 0.6) is 5.75 Å². The molecule has 0 saturated heterocycles. The van der Waals surface area contributed by atoms with E-state index in [2.05, 4.69) is 29.2 Å². The summed E-state index contributed by atoms with van der Waals surface area (Å²) in [4.78, 5) is 5.48. The topological polar surface area (TPSA) is 38.9 Å². The summed E-state index contributed by atoms with van der Waals surface area (Å²) in [6.07, 6.45) is 10.3. The number of thiazole rings is 1. The Bertz CT molecular complexity index is 797. The molecule has 0 bridgehead atoms. The molecule has 0 atom stereocenters. The first-order chi connectivity index (χ1) is 12.3. The van der Waals surface area contributed by atoms with Crippen LogP contribution in [0.4, 0.5) is 0 Å². The summed E-state index contributed by atoms with van der Waals surface area (Å²) < 4.78 is 7.48. The molecular formula is C20H25N3OS. The second kappa shape index (κ2) is 8.81. The highest BCUT2D eigenvalue weighted by Gasteiger charge is 2.14. The molecule has 0 unspecified atom stereocenters. The summed E-state index contributed by atoms with van der Waals surface area (Å²) in [5.74, 6) is 1.41. The van der Waals surface area contributed by atoms with Crippen LogP contribution in [0.3, 0.4) is 0 Å². The lowest BCUT2D eigenvalue weighted by Crippen LogP contribution is -2.15. The maximum absolute atomic E-state index is 5.53. The zero-order chi connectivity index (χ0) is 17.5. The molecule has 0 spiro atoms. The van der Waals surface area contributed by atoms with Crippen molar-refractivity contribution in [2.45, 2.75) is 32.1 Å². The highest BCUT2D eigenvalue weighted by molar-refractivity contribution is 7.07. The van der Waals surface area contributed by atoms with Crippen molar-refractivity contribution in [3.05, 3.63) is 47.1 Å². The van der Waals surface area contributed by atoms with E-state index in [-0.39, 0.29) is 0 Å². The van der Waals surface area contributed by atoms with Crippen LogP contribution >= 0.6 is 11.3 Å². The minimum Gasteiger partial charge on any atom is -0.496 e. The summed E-state index contributed by atoms with van der Waals surface area (Å²) in [6.45, 7) is 4.35. The number of hydrogen-bond donors (Lipinski definition) is 0. The minimum absolute atomic E-state index is 0.568. The van der Waals surface area contributed by atoms with Crippen LogP contribution in [0.15, 0.2) is 52.4 Å². The smallest absolute Gasteiger partial charge is 0.206 e. The molecule has 0 amide bonds. The SMILES string of the molecule is C=CCN=c1scc(-c2ccccc2OC)n1N=CC1CCCCC1. The molecule has 0 aliphatic heterocycles. The molecule has 1 aromatic heterocycles. The monoisotopic (exact) mass is 355 g/mol. The molecule has 0 N–H and O–H groups in total. The molecule has 2 aromatic rings. The Morgan fingerprint density at radius 1 is 1.28 bits per heavy atom. The number of methoxy groups -OCH3 is 1. The van der Waals surface area contributed by atoms with Gasteiger partial charge in [-0.1, -0.05) is 37.5 Å². The minimum atomic E-state index is 0.568. The van der Waals surface area contributed by atoms with Gasteiger partial charge in [0.1, 0.15) is 5.75 Å². The van der Waals surface area contributed by atoms with Gasteiger partial charge in [-0.2, -0.15) is 5.10 Å². The first kappa shape index (κ1) is 17.7. The first-order valence-corrected chi connectivity index (χ1v) is 9.71. The Labute approximate surface area is 153 Å². The molecule has 4 nitrogen and oxygen atoms in total. The zero-order valence-corrected chi connectivity index (χ0v) is 15.5. The van der Waals surface area contributed by atoms with Gasteiger partial charge >= 0.3 is 0 Å². The molecule has 1 fully saturated rings. The van der Waals surface area contributed by atoms with Crippen molar-refractivity contribution in [2.24, 2.45) is 16.0 Å². The highest BCUT2D eigenvalue weighted by atomic mass is 32.1. The number of hydrogen-bond acceptors (Lipinski definition) is 4. The summed E-state index contributed by atoms with van der Waals surface area (Å²) in [5, 5.41) is 6.91. The Kier molecular flexibility index (Phi) is 6.23. The van der Waals surface area contributed by atoms with Crippen molar-refractivity contribution in [3.63, 3.8) is 0 Å². The number of aromatic nitrogens is 1. The lowest BCUT2D eigenvalue weighted by Gasteiger charge is -2.17. The predicted molar refractivity (Wildman–Crippen MR) is 105 cm³/mol. The van der Waals surface area contributed by atoms with E-state index in [1.165, 1.54) is 32.1 Å². The molecule has 3 rings (SSSR count). The summed E-state index contributed by atoms with van der Waals surface area (Å²) in [5.41, 5.74) is 2.04. The normalized spacial score (nSPS) is 16.4. The van der Waals surface area contributed by atoms with Crippen LogP contribution in [-0.2, 0) is 0 Å². The van der Waals surface area contributed by atoms with Crippen LogP contribution in [0.2, 0.25) is 0 Å². The standard InChI is InChI=1S/C20H25N3OS/c1-3-13-21-20-23(22-14-16-9-5-4-6-10-16)18(15-25-20)17-11-7-8-12-19(17)24-2/h3,7-8,11-12,14-16H,1,4-6,9-10,13H2,2H3. The summed E-state index contributed by atoms with van der Waals surface area (Å²) in [7, 11) is 1.70. The van der Waals surface area contributed by atoms with Crippen molar-refractivity contribution >= 4 is 17.6 Å². The van der Waals surface area contributed by atoms with E-state index in [4.69, 9.17) is 9.84 Å². The fourth-order valence-corrected chi connectivity index (χ4v) is 3.99. The van der Waals surface area contributed by atoms with Crippen LogP contribution < -0.4 is 9.54 Å². The quantitative estimate of drug-likeness (QED) is 0.545. The first-order valence-electron chi connectivity index (χ1n) is 8.83. The molecule has 1 aliphatic carbocycles. The van der Waals surface area contributed by atoms with Gasteiger partial charge in [-0.25, -0.2) is 4.68 Å². The molecule has 1 saturated carbocycles. The Hall–Kier alpha value is -2.14. The summed E-state index contributed by atoms with van der Waals surface area (Å²) >= 11 is 1.60. The van der Waals surface area contributed by atoms with Gasteiger partial charge in [-0.15, -0.1) is 17.9 Å². The third-order valence-corrected chi connectivity index (χ3v) is 5.32. The molecule has 1 heterocycles. The van der Waals surface area contributed by atoms with E-state index >= 15 is 0 Å². The number of para-hydroxylation sites is 1. The van der Waals surface area contributed by atoms with Gasteiger partial charge in [-0.05, 0) is 30.9 Å². The number of ether oxygens (including phenoxy) is 1. The average molecular weight is 356 g/mol. The van der Waals surface area contributed by atoms with Gasteiger partial charge in [0.25, 0.3) is 0 Å². The molecule has 132 valence electrons. The van der Waals surface area contributed by atoms with E-state index in [1.54, 1.807) is 24.5 Å². The zero-order valence-electron chi connectivity index (χ0n) is 14.7. The Morgan fingerprint density at radius 3 is 2.84 bits per heavy atom. The van der Waals surface area contributed by atoms with Crippen LogP contribution in [0.1, 0.15) is 32.1 Å². The van der Waals surface area contributed by atoms with Gasteiger partial charge in [0.2, 0.25) is 4.80 Å². The maximum atomic E-state index is 5.53. The second-order valence-electron chi connectivity index (χ2n) is 6.21. The lowest BCUT2D eigenvalue weighted by atomic mass is 9.90. The van der Waals surface area contributed by atoms with Crippen molar-refractivity contribution in [3.8, 4) is 17.0 Å². The molecule has 1 aromatic carbocycles. The Balaban J connectivity index is 2.02. The van der Waals surface area contributed by atoms with Crippen molar-refractivity contribution < 1.29 is 4.74 Å².